The predicted molar refractivity (Wildman–Crippen MR) is 67.6 cm³/mol. The summed E-state index contributed by atoms with van der Waals surface area (Å²) in [6, 6.07) is 9.10. The molecule has 88 valence electrons. The van der Waals surface area contributed by atoms with Crippen LogP contribution in [0.2, 0.25) is 0 Å². The van der Waals surface area contributed by atoms with Gasteiger partial charge in [-0.3, -0.25) is 0 Å². The molecule has 1 heteroatoms. The third-order valence-corrected chi connectivity index (χ3v) is 3.96. The second kappa shape index (κ2) is 5.49. The van der Waals surface area contributed by atoms with E-state index in [1.165, 1.54) is 36.8 Å². The molecule has 1 N–H and O–H groups in total. The summed E-state index contributed by atoms with van der Waals surface area (Å²) >= 11 is 0. The Morgan fingerprint density at radius 2 is 1.69 bits per heavy atom. The zero-order valence-electron chi connectivity index (χ0n) is 10.2. The predicted octanol–water partition coefficient (Wildman–Crippen LogP) is 3.52. The number of rotatable bonds is 3. The summed E-state index contributed by atoms with van der Waals surface area (Å²) in [7, 11) is 0. The lowest BCUT2D eigenvalue weighted by Crippen LogP contribution is -2.16. The van der Waals surface area contributed by atoms with E-state index in [1.807, 2.05) is 0 Å². The van der Waals surface area contributed by atoms with Crippen LogP contribution in [0.5, 0.6) is 0 Å². The van der Waals surface area contributed by atoms with E-state index in [9.17, 15) is 0 Å². The van der Waals surface area contributed by atoms with E-state index in [-0.39, 0.29) is 0 Å². The second-order valence-corrected chi connectivity index (χ2v) is 5.00. The Morgan fingerprint density at radius 3 is 2.19 bits per heavy atom. The van der Waals surface area contributed by atoms with Gasteiger partial charge in [0.15, 0.2) is 0 Å². The topological polar surface area (TPSA) is 20.2 Å². The lowest BCUT2D eigenvalue weighted by Gasteiger charge is -2.27. The molecule has 1 nitrogen and oxygen atoms in total. The molecule has 0 amide bonds. The molecule has 1 aliphatic rings. The summed E-state index contributed by atoms with van der Waals surface area (Å²) in [5, 5.41) is 9.12. The highest BCUT2D eigenvalue weighted by molar-refractivity contribution is 5.25. The first kappa shape index (κ1) is 11.7. The number of hydrogen-bond donors (Lipinski definition) is 1. The van der Waals surface area contributed by atoms with Crippen molar-refractivity contribution in [2.24, 2.45) is 5.92 Å². The van der Waals surface area contributed by atoms with Crippen LogP contribution in [-0.4, -0.2) is 11.7 Å². The summed E-state index contributed by atoms with van der Waals surface area (Å²) in [5.41, 5.74) is 2.92. The molecule has 0 saturated heterocycles. The number of benzene rings is 1. The van der Waals surface area contributed by atoms with Crippen molar-refractivity contribution in [3.05, 3.63) is 35.4 Å². The van der Waals surface area contributed by atoms with Gasteiger partial charge in [-0.25, -0.2) is 0 Å². The standard InChI is InChI=1S/C15H22O/c1-2-12-3-7-14(8-4-12)15-9-5-13(11-16)6-10-15/h3-4,7-8,13,15-16H,2,5-6,9-11H2,1H3. The fourth-order valence-corrected chi connectivity index (χ4v) is 2.70. The Balaban J connectivity index is 1.97. The molecule has 0 aliphatic heterocycles. The van der Waals surface area contributed by atoms with Gasteiger partial charge in [-0.2, -0.15) is 0 Å². The van der Waals surface area contributed by atoms with Crippen molar-refractivity contribution in [3.63, 3.8) is 0 Å². The Bertz CT molecular complexity index is 307. The summed E-state index contributed by atoms with van der Waals surface area (Å²) in [6.07, 6.45) is 6.00. The van der Waals surface area contributed by atoms with E-state index >= 15 is 0 Å². The van der Waals surface area contributed by atoms with E-state index in [0.29, 0.717) is 12.5 Å². The third-order valence-electron chi connectivity index (χ3n) is 3.96. The number of aliphatic hydroxyl groups is 1. The highest BCUT2D eigenvalue weighted by Gasteiger charge is 2.21. The highest BCUT2D eigenvalue weighted by Crippen LogP contribution is 2.35. The molecule has 0 aromatic heterocycles. The van der Waals surface area contributed by atoms with Gasteiger partial charge >= 0.3 is 0 Å². The molecule has 1 aliphatic carbocycles. The van der Waals surface area contributed by atoms with Crippen LogP contribution < -0.4 is 0 Å². The molecule has 2 rings (SSSR count). The molecule has 1 aromatic rings. The molecule has 0 bridgehead atoms. The fraction of sp³-hybridized carbons (Fsp3) is 0.600. The molecule has 0 spiro atoms. The zero-order chi connectivity index (χ0) is 11.4. The van der Waals surface area contributed by atoms with E-state index in [0.717, 1.165) is 12.3 Å². The minimum atomic E-state index is 0.376. The fourth-order valence-electron chi connectivity index (χ4n) is 2.70. The molecular weight excluding hydrogens is 196 g/mol. The average Bonchev–Trinajstić information content (AvgIpc) is 2.39. The third kappa shape index (κ3) is 2.65. The van der Waals surface area contributed by atoms with Crippen molar-refractivity contribution in [3.8, 4) is 0 Å². The second-order valence-electron chi connectivity index (χ2n) is 5.00. The molecule has 16 heavy (non-hydrogen) atoms. The summed E-state index contributed by atoms with van der Waals surface area (Å²) in [5.74, 6) is 1.29. The zero-order valence-corrected chi connectivity index (χ0v) is 10.2. The lowest BCUT2D eigenvalue weighted by atomic mass is 9.79. The SMILES string of the molecule is CCc1ccc(C2CCC(CO)CC2)cc1. The van der Waals surface area contributed by atoms with E-state index in [2.05, 4.69) is 31.2 Å². The van der Waals surface area contributed by atoms with Crippen molar-refractivity contribution in [1.82, 2.24) is 0 Å². The molecule has 0 atom stereocenters. The molecule has 0 heterocycles. The van der Waals surface area contributed by atoms with Crippen molar-refractivity contribution in [2.45, 2.75) is 44.9 Å². The molecule has 0 unspecified atom stereocenters. The van der Waals surface area contributed by atoms with E-state index in [4.69, 9.17) is 5.11 Å². The molecule has 0 radical (unpaired) electrons. The minimum Gasteiger partial charge on any atom is -0.396 e. The first-order chi connectivity index (χ1) is 7.83. The average molecular weight is 218 g/mol. The summed E-state index contributed by atoms with van der Waals surface area (Å²) in [4.78, 5) is 0. The maximum atomic E-state index is 9.12. The number of aryl methyl sites for hydroxylation is 1. The smallest absolute Gasteiger partial charge is 0.0459 e. The maximum Gasteiger partial charge on any atom is 0.0459 e. The van der Waals surface area contributed by atoms with Crippen LogP contribution in [0.3, 0.4) is 0 Å². The summed E-state index contributed by atoms with van der Waals surface area (Å²) < 4.78 is 0. The van der Waals surface area contributed by atoms with Gasteiger partial charge in [0, 0.05) is 6.61 Å². The van der Waals surface area contributed by atoms with Crippen LogP contribution in [0.1, 0.15) is 49.7 Å². The minimum absolute atomic E-state index is 0.376. The summed E-state index contributed by atoms with van der Waals surface area (Å²) in [6.45, 7) is 2.57. The molecule has 1 saturated carbocycles. The van der Waals surface area contributed by atoms with Crippen molar-refractivity contribution in [1.29, 1.82) is 0 Å². The lowest BCUT2D eigenvalue weighted by molar-refractivity contribution is 0.182. The van der Waals surface area contributed by atoms with Crippen LogP contribution in [0, 0.1) is 5.92 Å². The van der Waals surface area contributed by atoms with Gasteiger partial charge < -0.3 is 5.11 Å². The monoisotopic (exact) mass is 218 g/mol. The Morgan fingerprint density at radius 1 is 1.06 bits per heavy atom. The maximum absolute atomic E-state index is 9.12. The van der Waals surface area contributed by atoms with Crippen LogP contribution in [0.4, 0.5) is 0 Å². The quantitative estimate of drug-likeness (QED) is 0.823. The van der Waals surface area contributed by atoms with Gasteiger partial charge in [-0.1, -0.05) is 31.2 Å². The van der Waals surface area contributed by atoms with Crippen molar-refractivity contribution in [2.75, 3.05) is 6.61 Å². The number of hydrogen-bond acceptors (Lipinski definition) is 1. The van der Waals surface area contributed by atoms with E-state index < -0.39 is 0 Å². The Hall–Kier alpha value is -0.820. The first-order valence-electron chi connectivity index (χ1n) is 6.53. The number of aliphatic hydroxyl groups excluding tert-OH is 1. The van der Waals surface area contributed by atoms with E-state index in [1.54, 1.807) is 0 Å². The van der Waals surface area contributed by atoms with Gasteiger partial charge in [0.1, 0.15) is 0 Å². The van der Waals surface area contributed by atoms with Crippen molar-refractivity contribution < 1.29 is 5.11 Å². The van der Waals surface area contributed by atoms with Crippen LogP contribution in [0.25, 0.3) is 0 Å². The first-order valence-corrected chi connectivity index (χ1v) is 6.53. The van der Waals surface area contributed by atoms with Gasteiger partial charge in [0.05, 0.1) is 0 Å². The highest BCUT2D eigenvalue weighted by atomic mass is 16.3. The van der Waals surface area contributed by atoms with Gasteiger partial charge in [0.2, 0.25) is 0 Å². The van der Waals surface area contributed by atoms with Crippen LogP contribution in [0.15, 0.2) is 24.3 Å². The van der Waals surface area contributed by atoms with Crippen LogP contribution in [-0.2, 0) is 6.42 Å². The Labute approximate surface area is 98.5 Å². The largest absolute Gasteiger partial charge is 0.396 e. The Kier molecular flexibility index (Phi) is 4.00. The molecule has 1 aromatic carbocycles. The normalized spacial score (nSPS) is 25.6. The molecular formula is C15H22O. The van der Waals surface area contributed by atoms with Gasteiger partial charge in [-0.05, 0) is 55.1 Å². The van der Waals surface area contributed by atoms with Crippen molar-refractivity contribution >= 4 is 0 Å². The van der Waals surface area contributed by atoms with Gasteiger partial charge in [-0.15, -0.1) is 0 Å². The van der Waals surface area contributed by atoms with Crippen LogP contribution >= 0.6 is 0 Å². The molecule has 1 fully saturated rings. The van der Waals surface area contributed by atoms with Gasteiger partial charge in [0.25, 0.3) is 0 Å².